The molecule has 0 aliphatic carbocycles. The van der Waals surface area contributed by atoms with Gasteiger partial charge in [0.15, 0.2) is 17.1 Å². The Balaban J connectivity index is 1.77. The molecule has 0 spiro atoms. The van der Waals surface area contributed by atoms with Crippen molar-refractivity contribution in [3.8, 4) is 16.7 Å². The Kier molecular flexibility index (Phi) is 9.33. The number of ketones is 1. The van der Waals surface area contributed by atoms with E-state index in [2.05, 4.69) is 10.3 Å². The van der Waals surface area contributed by atoms with Gasteiger partial charge in [0, 0.05) is 25.7 Å². The first-order chi connectivity index (χ1) is 16.9. The maximum atomic E-state index is 13.1. The van der Waals surface area contributed by atoms with Gasteiger partial charge < -0.3 is 19.4 Å². The quantitative estimate of drug-likeness (QED) is 0.117. The van der Waals surface area contributed by atoms with Crippen molar-refractivity contribution in [2.75, 3.05) is 14.2 Å². The molecule has 0 saturated heterocycles. The molecule has 184 valence electrons. The molecule has 35 heavy (non-hydrogen) atoms. The Hall–Kier alpha value is -3.76. The second-order valence-corrected chi connectivity index (χ2v) is 8.34. The molecule has 0 atom stereocenters. The van der Waals surface area contributed by atoms with Crippen molar-refractivity contribution in [3.63, 3.8) is 0 Å². The zero-order chi connectivity index (χ0) is 25.2. The summed E-state index contributed by atoms with van der Waals surface area (Å²) in [5.74, 6) is -0.120. The first-order valence-corrected chi connectivity index (χ1v) is 11.5. The fraction of sp³-hybridized carbons (Fsp3) is 0.240. The second-order valence-electron chi connectivity index (χ2n) is 7.31. The Morgan fingerprint density at radius 2 is 2.06 bits per heavy atom. The van der Waals surface area contributed by atoms with E-state index in [9.17, 15) is 14.0 Å². The number of halogens is 1. The molecule has 0 saturated carbocycles. The first-order valence-electron chi connectivity index (χ1n) is 10.7. The number of aryl methyl sites for hydroxylation is 1. The lowest BCUT2D eigenvalue weighted by molar-refractivity contribution is -0.178. The Morgan fingerprint density at radius 1 is 1.29 bits per heavy atom. The summed E-state index contributed by atoms with van der Waals surface area (Å²) in [6, 6.07) is 7.03. The molecule has 8 nitrogen and oxygen atoms in total. The number of carbonyl (C=O) groups excluding carboxylic acids is 1. The molecule has 1 aromatic carbocycles. The SMILES string of the molecule is CN/C=C/CCCc1cc(OOC)c(C(=O)/C(C)=C/c2cnc(Oc3ccc(F)cc3)s2)c(=O)o1. The lowest BCUT2D eigenvalue weighted by Crippen LogP contribution is -2.18. The summed E-state index contributed by atoms with van der Waals surface area (Å²) in [6.07, 6.45) is 8.92. The monoisotopic (exact) mass is 500 g/mol. The number of unbranched alkanes of at least 4 members (excludes halogenated alkanes) is 1. The van der Waals surface area contributed by atoms with E-state index in [-0.39, 0.29) is 22.7 Å². The summed E-state index contributed by atoms with van der Waals surface area (Å²) in [5.41, 5.74) is -0.797. The molecule has 3 aromatic rings. The predicted octanol–water partition coefficient (Wildman–Crippen LogP) is 5.31. The maximum absolute atomic E-state index is 13.1. The molecule has 3 rings (SSSR count). The van der Waals surface area contributed by atoms with Crippen molar-refractivity contribution in [3.05, 3.63) is 86.8 Å². The highest BCUT2D eigenvalue weighted by Crippen LogP contribution is 2.29. The summed E-state index contributed by atoms with van der Waals surface area (Å²) in [7, 11) is 3.10. The molecular formula is C25H25FN2O6S. The molecule has 2 aromatic heterocycles. The number of Topliss-reactive ketones (excluding diaryl/α,β-unsaturated/α-hetero) is 1. The molecule has 0 radical (unpaired) electrons. The van der Waals surface area contributed by atoms with Crippen molar-refractivity contribution in [2.24, 2.45) is 0 Å². The number of benzene rings is 1. The minimum atomic E-state index is -0.803. The van der Waals surface area contributed by atoms with Crippen molar-refractivity contribution in [2.45, 2.75) is 26.2 Å². The largest absolute Gasteiger partial charge is 0.431 e. The summed E-state index contributed by atoms with van der Waals surface area (Å²) >= 11 is 1.19. The molecule has 1 N–H and O–H groups in total. The molecule has 0 aliphatic rings. The number of nitrogens with one attached hydrogen (secondary N) is 1. The van der Waals surface area contributed by atoms with Crippen LogP contribution in [-0.2, 0) is 11.3 Å². The molecule has 0 bridgehead atoms. The van der Waals surface area contributed by atoms with Gasteiger partial charge in [0.25, 0.3) is 5.19 Å². The van der Waals surface area contributed by atoms with Crippen molar-refractivity contribution >= 4 is 23.2 Å². The first kappa shape index (κ1) is 25.9. The van der Waals surface area contributed by atoms with Gasteiger partial charge >= 0.3 is 5.63 Å². The molecule has 0 aliphatic heterocycles. The molecule has 0 fully saturated rings. The highest BCUT2D eigenvalue weighted by Gasteiger charge is 2.23. The minimum absolute atomic E-state index is 0.00750. The van der Waals surface area contributed by atoms with E-state index < -0.39 is 11.4 Å². The van der Waals surface area contributed by atoms with Gasteiger partial charge in [-0.05, 0) is 61.9 Å². The van der Waals surface area contributed by atoms with Crippen LogP contribution in [0.1, 0.15) is 40.8 Å². The standard InChI is InChI=1S/C25H25FN2O6S/c1-16(13-20-15-28-25(35-20)33-18-10-8-17(26)9-11-18)23(29)22-21(34-31-3)14-19(32-24(22)30)7-5-4-6-12-27-2/h6,8-15,27H,4-5,7H2,1-3H3/b12-6+,16-13+. The zero-order valence-electron chi connectivity index (χ0n) is 19.5. The number of allylic oxidation sites excluding steroid dienone is 2. The number of hydrogen-bond acceptors (Lipinski definition) is 9. The van der Waals surface area contributed by atoms with Crippen molar-refractivity contribution in [1.82, 2.24) is 10.3 Å². The number of nitrogens with zero attached hydrogens (tertiary/aromatic N) is 1. The molecule has 0 unspecified atom stereocenters. The van der Waals surface area contributed by atoms with Crippen LogP contribution < -0.4 is 20.6 Å². The molecule has 2 heterocycles. The number of rotatable bonds is 12. The smallest absolute Gasteiger partial charge is 0.351 e. The van der Waals surface area contributed by atoms with Crippen LogP contribution in [0.5, 0.6) is 16.7 Å². The predicted molar refractivity (Wildman–Crippen MR) is 130 cm³/mol. The number of thiazole rings is 1. The highest BCUT2D eigenvalue weighted by atomic mass is 32.1. The number of ether oxygens (including phenoxy) is 1. The summed E-state index contributed by atoms with van der Waals surface area (Å²) < 4.78 is 24.0. The van der Waals surface area contributed by atoms with Crippen LogP contribution in [0.4, 0.5) is 4.39 Å². The fourth-order valence-electron chi connectivity index (χ4n) is 3.06. The fourth-order valence-corrected chi connectivity index (χ4v) is 3.85. The molecule has 10 heteroatoms. The van der Waals surface area contributed by atoms with Crippen LogP contribution in [-0.4, -0.2) is 24.9 Å². The van der Waals surface area contributed by atoms with Crippen LogP contribution in [0, 0.1) is 5.82 Å². The normalized spacial score (nSPS) is 11.6. The van der Waals surface area contributed by atoms with Crippen LogP contribution >= 0.6 is 11.3 Å². The zero-order valence-corrected chi connectivity index (χ0v) is 20.3. The van der Waals surface area contributed by atoms with Gasteiger partial charge in [-0.25, -0.2) is 14.2 Å². The maximum Gasteiger partial charge on any atom is 0.351 e. The van der Waals surface area contributed by atoms with Crippen LogP contribution in [0.15, 0.2) is 63.6 Å². The number of aromatic nitrogens is 1. The Bertz CT molecular complexity index is 1260. The van der Waals surface area contributed by atoms with Gasteiger partial charge in [0.1, 0.15) is 17.3 Å². The van der Waals surface area contributed by atoms with Gasteiger partial charge in [-0.3, -0.25) is 4.79 Å². The van der Waals surface area contributed by atoms with Gasteiger partial charge in [0.2, 0.25) is 0 Å². The van der Waals surface area contributed by atoms with E-state index >= 15 is 0 Å². The van der Waals surface area contributed by atoms with E-state index in [0.717, 1.165) is 12.8 Å². The van der Waals surface area contributed by atoms with Gasteiger partial charge in [0.05, 0.1) is 12.0 Å². The van der Waals surface area contributed by atoms with E-state index in [0.29, 0.717) is 28.0 Å². The van der Waals surface area contributed by atoms with E-state index in [1.54, 1.807) is 13.0 Å². The minimum Gasteiger partial charge on any atom is -0.431 e. The Morgan fingerprint density at radius 3 is 2.77 bits per heavy atom. The summed E-state index contributed by atoms with van der Waals surface area (Å²) in [4.78, 5) is 40.4. The molecular weight excluding hydrogens is 475 g/mol. The average Bonchev–Trinajstić information content (AvgIpc) is 3.26. The number of hydrogen-bond donors (Lipinski definition) is 1. The third-order valence-corrected chi connectivity index (χ3v) is 5.51. The van der Waals surface area contributed by atoms with E-state index in [1.165, 1.54) is 55.0 Å². The van der Waals surface area contributed by atoms with Crippen LogP contribution in [0.2, 0.25) is 0 Å². The van der Waals surface area contributed by atoms with E-state index in [1.807, 2.05) is 19.3 Å². The lowest BCUT2D eigenvalue weighted by Gasteiger charge is -2.08. The van der Waals surface area contributed by atoms with Crippen LogP contribution in [0.25, 0.3) is 6.08 Å². The lowest BCUT2D eigenvalue weighted by atomic mass is 10.0. The van der Waals surface area contributed by atoms with Gasteiger partial charge in [-0.1, -0.05) is 17.4 Å². The summed E-state index contributed by atoms with van der Waals surface area (Å²) in [6.45, 7) is 1.57. The van der Waals surface area contributed by atoms with Crippen molar-refractivity contribution in [1.29, 1.82) is 0 Å². The third kappa shape index (κ3) is 7.36. The number of carbonyl (C=O) groups is 1. The summed E-state index contributed by atoms with van der Waals surface area (Å²) in [5, 5.41) is 3.23. The van der Waals surface area contributed by atoms with Crippen molar-refractivity contribution < 1.29 is 28.1 Å². The topological polar surface area (TPSA) is 99.9 Å². The third-order valence-electron chi connectivity index (χ3n) is 4.68. The second kappa shape index (κ2) is 12.6. The van der Waals surface area contributed by atoms with E-state index in [4.69, 9.17) is 18.9 Å². The average molecular weight is 501 g/mol. The van der Waals surface area contributed by atoms with Gasteiger partial charge in [-0.15, -0.1) is 0 Å². The Labute approximate surface area is 205 Å². The highest BCUT2D eigenvalue weighted by molar-refractivity contribution is 7.14. The van der Waals surface area contributed by atoms with Crippen LogP contribution in [0.3, 0.4) is 0 Å². The van der Waals surface area contributed by atoms with Gasteiger partial charge in [-0.2, -0.15) is 4.89 Å². The molecule has 0 amide bonds.